The third kappa shape index (κ3) is 3.80. The number of carbonyl (C=O) groups excluding carboxylic acids is 1. The summed E-state index contributed by atoms with van der Waals surface area (Å²) in [6.07, 6.45) is 6.86. The van der Waals surface area contributed by atoms with E-state index in [1.54, 1.807) is 17.0 Å². The molecule has 1 amide bonds. The van der Waals surface area contributed by atoms with Crippen molar-refractivity contribution in [1.29, 1.82) is 5.26 Å². The molecule has 2 rings (SSSR count). The molecular formula is C16H18FN5O. The van der Waals surface area contributed by atoms with Crippen LogP contribution >= 0.6 is 0 Å². The second kappa shape index (κ2) is 7.31. The van der Waals surface area contributed by atoms with Crippen molar-refractivity contribution in [2.75, 3.05) is 13.1 Å². The fourth-order valence-corrected chi connectivity index (χ4v) is 2.46. The van der Waals surface area contributed by atoms with E-state index in [1.807, 2.05) is 6.19 Å². The summed E-state index contributed by atoms with van der Waals surface area (Å²) >= 11 is 0. The standard InChI is InChI=1S/C16H18FN5O/c17-15-7-11(12(8-19)3-5-18)1-2-14(15)16(23)21-13-4-6-22(9-13)10-20/h1-3,5,7-8,13H,4,6,9,18-19H2,(H,21,23)/b5-3-,12-8+. The van der Waals surface area contributed by atoms with E-state index in [-0.39, 0.29) is 11.6 Å². The van der Waals surface area contributed by atoms with Gasteiger partial charge in [-0.3, -0.25) is 4.79 Å². The molecule has 1 saturated heterocycles. The molecule has 1 unspecified atom stereocenters. The minimum atomic E-state index is -0.639. The number of nitrogens with zero attached hydrogens (tertiary/aromatic N) is 2. The van der Waals surface area contributed by atoms with Crippen molar-refractivity contribution in [3.05, 3.63) is 53.6 Å². The molecule has 0 aliphatic carbocycles. The lowest BCUT2D eigenvalue weighted by Gasteiger charge is -2.13. The highest BCUT2D eigenvalue weighted by atomic mass is 19.1. The van der Waals surface area contributed by atoms with Gasteiger partial charge in [-0.1, -0.05) is 6.07 Å². The van der Waals surface area contributed by atoms with Crippen LogP contribution in [0, 0.1) is 17.3 Å². The van der Waals surface area contributed by atoms with E-state index in [9.17, 15) is 9.18 Å². The molecule has 0 saturated carbocycles. The van der Waals surface area contributed by atoms with Crippen LogP contribution in [0.3, 0.4) is 0 Å². The summed E-state index contributed by atoms with van der Waals surface area (Å²) in [5.41, 5.74) is 11.8. The summed E-state index contributed by atoms with van der Waals surface area (Å²) in [5, 5.41) is 11.5. The molecule has 0 aromatic heterocycles. The number of likely N-dealkylation sites (tertiary alicyclic amines) is 1. The molecule has 1 aliphatic heterocycles. The Bertz CT molecular complexity index is 692. The van der Waals surface area contributed by atoms with Crippen LogP contribution in [0.25, 0.3) is 5.57 Å². The van der Waals surface area contributed by atoms with Crippen molar-refractivity contribution >= 4 is 11.5 Å². The Hall–Kier alpha value is -3.01. The Morgan fingerprint density at radius 3 is 2.83 bits per heavy atom. The molecule has 1 fully saturated rings. The van der Waals surface area contributed by atoms with Gasteiger partial charge < -0.3 is 21.7 Å². The number of allylic oxidation sites excluding steroid dienone is 2. The zero-order valence-corrected chi connectivity index (χ0v) is 12.5. The lowest BCUT2D eigenvalue weighted by Crippen LogP contribution is -2.36. The van der Waals surface area contributed by atoms with Crippen LogP contribution in [0.1, 0.15) is 22.3 Å². The van der Waals surface area contributed by atoms with Gasteiger partial charge in [-0.2, -0.15) is 5.26 Å². The number of benzene rings is 1. The van der Waals surface area contributed by atoms with Crippen LogP contribution in [0.5, 0.6) is 0 Å². The number of hydrogen-bond donors (Lipinski definition) is 3. The third-order valence-electron chi connectivity index (χ3n) is 3.67. The Balaban J connectivity index is 2.12. The highest BCUT2D eigenvalue weighted by Gasteiger charge is 2.24. The van der Waals surface area contributed by atoms with Gasteiger partial charge in [-0.25, -0.2) is 4.39 Å². The summed E-state index contributed by atoms with van der Waals surface area (Å²) in [6, 6.07) is 4.10. The second-order valence-corrected chi connectivity index (χ2v) is 5.18. The molecule has 6 nitrogen and oxygen atoms in total. The minimum absolute atomic E-state index is 0.0442. The number of nitrogens with one attached hydrogen (secondary N) is 1. The molecule has 1 aliphatic rings. The normalized spacial score (nSPS) is 18.2. The maximum Gasteiger partial charge on any atom is 0.254 e. The molecular weight excluding hydrogens is 297 g/mol. The highest BCUT2D eigenvalue weighted by Crippen LogP contribution is 2.19. The van der Waals surface area contributed by atoms with Crippen molar-refractivity contribution in [3.8, 4) is 6.19 Å². The number of halogens is 1. The van der Waals surface area contributed by atoms with Crippen LogP contribution in [-0.4, -0.2) is 29.9 Å². The molecule has 0 radical (unpaired) electrons. The van der Waals surface area contributed by atoms with Gasteiger partial charge in [0.1, 0.15) is 5.82 Å². The van der Waals surface area contributed by atoms with E-state index in [0.29, 0.717) is 30.6 Å². The number of amides is 1. The lowest BCUT2D eigenvalue weighted by atomic mass is 10.0. The smallest absolute Gasteiger partial charge is 0.254 e. The lowest BCUT2D eigenvalue weighted by molar-refractivity contribution is 0.0934. The summed E-state index contributed by atoms with van der Waals surface area (Å²) in [7, 11) is 0. The summed E-state index contributed by atoms with van der Waals surface area (Å²) in [4.78, 5) is 13.7. The first-order valence-corrected chi connectivity index (χ1v) is 7.14. The van der Waals surface area contributed by atoms with Crippen molar-refractivity contribution in [2.24, 2.45) is 11.5 Å². The molecule has 7 heteroatoms. The highest BCUT2D eigenvalue weighted by molar-refractivity contribution is 5.95. The Kier molecular flexibility index (Phi) is 5.20. The monoisotopic (exact) mass is 315 g/mol. The van der Waals surface area contributed by atoms with Gasteiger partial charge in [0.05, 0.1) is 5.56 Å². The predicted molar refractivity (Wildman–Crippen MR) is 84.9 cm³/mol. The SMILES string of the molecule is N#CN1CCC(NC(=O)c2ccc(C(/C=C\N)=C/N)cc2F)C1. The van der Waals surface area contributed by atoms with Crippen molar-refractivity contribution in [1.82, 2.24) is 10.2 Å². The van der Waals surface area contributed by atoms with E-state index < -0.39 is 11.7 Å². The number of rotatable bonds is 4. The molecule has 0 bridgehead atoms. The maximum absolute atomic E-state index is 14.2. The van der Waals surface area contributed by atoms with Crippen LogP contribution in [0.2, 0.25) is 0 Å². The summed E-state index contributed by atoms with van der Waals surface area (Å²) < 4.78 is 14.2. The summed E-state index contributed by atoms with van der Waals surface area (Å²) in [6.45, 7) is 1.04. The van der Waals surface area contributed by atoms with Gasteiger partial charge in [0.25, 0.3) is 5.91 Å². The molecule has 23 heavy (non-hydrogen) atoms. The van der Waals surface area contributed by atoms with E-state index in [0.717, 1.165) is 0 Å². The first-order chi connectivity index (χ1) is 11.1. The number of nitrogens with two attached hydrogens (primary N) is 2. The zero-order chi connectivity index (χ0) is 16.8. The molecule has 1 aromatic rings. The van der Waals surface area contributed by atoms with Gasteiger partial charge >= 0.3 is 0 Å². The van der Waals surface area contributed by atoms with Gasteiger partial charge in [0.15, 0.2) is 6.19 Å². The fraction of sp³-hybridized carbons (Fsp3) is 0.250. The van der Waals surface area contributed by atoms with Crippen molar-refractivity contribution in [2.45, 2.75) is 12.5 Å². The molecule has 5 N–H and O–H groups in total. The Morgan fingerprint density at radius 1 is 1.48 bits per heavy atom. The van der Waals surface area contributed by atoms with E-state index in [4.69, 9.17) is 16.7 Å². The molecule has 1 aromatic carbocycles. The minimum Gasteiger partial charge on any atom is -0.405 e. The fourth-order valence-electron chi connectivity index (χ4n) is 2.46. The molecule has 1 heterocycles. The summed E-state index contributed by atoms with van der Waals surface area (Å²) in [5.74, 6) is -1.13. The second-order valence-electron chi connectivity index (χ2n) is 5.18. The number of hydrogen-bond acceptors (Lipinski definition) is 5. The van der Waals surface area contributed by atoms with Gasteiger partial charge in [-0.15, -0.1) is 0 Å². The van der Waals surface area contributed by atoms with Gasteiger partial charge in [0.2, 0.25) is 0 Å². The van der Waals surface area contributed by atoms with E-state index >= 15 is 0 Å². The van der Waals surface area contributed by atoms with Gasteiger partial charge in [-0.05, 0) is 42.0 Å². The number of nitriles is 1. The number of carbonyl (C=O) groups is 1. The molecule has 1 atom stereocenters. The van der Waals surface area contributed by atoms with Crippen molar-refractivity contribution < 1.29 is 9.18 Å². The van der Waals surface area contributed by atoms with Crippen LogP contribution in [-0.2, 0) is 0 Å². The maximum atomic E-state index is 14.2. The topological polar surface area (TPSA) is 108 Å². The van der Waals surface area contributed by atoms with Crippen LogP contribution in [0.4, 0.5) is 4.39 Å². The van der Waals surface area contributed by atoms with Crippen molar-refractivity contribution in [3.63, 3.8) is 0 Å². The largest absolute Gasteiger partial charge is 0.405 e. The average Bonchev–Trinajstić information content (AvgIpc) is 2.99. The molecule has 120 valence electrons. The third-order valence-corrected chi connectivity index (χ3v) is 3.67. The van der Waals surface area contributed by atoms with E-state index in [2.05, 4.69) is 5.32 Å². The van der Waals surface area contributed by atoms with Gasteiger partial charge in [0, 0.05) is 25.3 Å². The van der Waals surface area contributed by atoms with Crippen LogP contribution in [0.15, 0.2) is 36.7 Å². The Morgan fingerprint density at radius 2 is 2.26 bits per heavy atom. The molecule has 0 spiro atoms. The predicted octanol–water partition coefficient (Wildman–Crippen LogP) is 0.883. The first-order valence-electron chi connectivity index (χ1n) is 7.14. The Labute approximate surface area is 133 Å². The first kappa shape index (κ1) is 16.4. The quantitative estimate of drug-likeness (QED) is 0.565. The van der Waals surface area contributed by atoms with Crippen LogP contribution < -0.4 is 16.8 Å². The average molecular weight is 315 g/mol. The zero-order valence-electron chi connectivity index (χ0n) is 12.5. The van der Waals surface area contributed by atoms with E-state index in [1.165, 1.54) is 24.5 Å².